The number of hydrogen-bond acceptors (Lipinski definition) is 9. The fourth-order valence-corrected chi connectivity index (χ4v) is 2.31. The molecule has 1 aliphatic heterocycles. The Bertz CT molecular complexity index is 441. The van der Waals surface area contributed by atoms with E-state index >= 15 is 0 Å². The van der Waals surface area contributed by atoms with Crippen molar-refractivity contribution in [2.24, 2.45) is 5.92 Å². The van der Waals surface area contributed by atoms with Crippen LogP contribution in [0.4, 0.5) is 0 Å². The Morgan fingerprint density at radius 1 is 1.17 bits per heavy atom. The van der Waals surface area contributed by atoms with Crippen molar-refractivity contribution in [3.63, 3.8) is 0 Å². The summed E-state index contributed by atoms with van der Waals surface area (Å²) in [4.78, 5) is 38.3. The smallest absolute Gasteiger partial charge is 0.305 e. The van der Waals surface area contributed by atoms with Gasteiger partial charge in [0.2, 0.25) is 12.2 Å². The van der Waals surface area contributed by atoms with Crippen molar-refractivity contribution in [1.29, 1.82) is 0 Å². The average molecular weight is 335 g/mol. The maximum atomic E-state index is 11.4. The van der Waals surface area contributed by atoms with E-state index in [4.69, 9.17) is 24.4 Å². The molecular formula is C13H21NO9. The predicted molar refractivity (Wildman–Crippen MR) is 72.4 cm³/mol. The molecule has 0 aromatic rings. The normalized spacial score (nSPS) is 30.4. The van der Waals surface area contributed by atoms with Gasteiger partial charge in [-0.25, -0.2) is 10.1 Å². The van der Waals surface area contributed by atoms with Crippen LogP contribution in [0.15, 0.2) is 0 Å². The zero-order valence-electron chi connectivity index (χ0n) is 13.3. The summed E-state index contributed by atoms with van der Waals surface area (Å²) >= 11 is 0. The van der Waals surface area contributed by atoms with E-state index in [0.29, 0.717) is 0 Å². The minimum absolute atomic E-state index is 0.119. The number of carbonyl (C=O) groups is 3. The van der Waals surface area contributed by atoms with Crippen LogP contribution in [-0.4, -0.2) is 54.2 Å². The number of hydrogen-bond donors (Lipinski definition) is 2. The van der Waals surface area contributed by atoms with Gasteiger partial charge in [-0.3, -0.25) is 14.4 Å². The monoisotopic (exact) mass is 335 g/mol. The number of rotatable bonds is 6. The lowest BCUT2D eigenvalue weighted by molar-refractivity contribution is -0.519. The van der Waals surface area contributed by atoms with Gasteiger partial charge < -0.3 is 19.5 Å². The van der Waals surface area contributed by atoms with Gasteiger partial charge in [0.15, 0.2) is 0 Å². The topological polar surface area (TPSA) is 130 Å². The van der Waals surface area contributed by atoms with E-state index in [1.807, 2.05) is 0 Å². The molecule has 1 amide bonds. The molecule has 0 aromatic carbocycles. The van der Waals surface area contributed by atoms with Crippen molar-refractivity contribution in [3.8, 4) is 0 Å². The maximum absolute atomic E-state index is 11.4. The summed E-state index contributed by atoms with van der Waals surface area (Å²) in [5, 5.41) is 14.9. The predicted octanol–water partition coefficient (Wildman–Crippen LogP) is -0.232. The largest absolute Gasteiger partial charge is 0.463 e. The fraction of sp³-hybridized carbons (Fsp3) is 0.769. The Kier molecular flexibility index (Phi) is 7.36. The van der Waals surface area contributed by atoms with Crippen LogP contribution in [-0.2, 0) is 38.5 Å². The Morgan fingerprint density at radius 3 is 2.30 bits per heavy atom. The van der Waals surface area contributed by atoms with Gasteiger partial charge in [-0.05, 0) is 0 Å². The quantitative estimate of drug-likeness (QED) is 0.384. The van der Waals surface area contributed by atoms with E-state index in [0.717, 1.165) is 0 Å². The molecule has 1 heterocycles. The van der Waals surface area contributed by atoms with E-state index in [1.165, 1.54) is 20.8 Å². The Hall–Kier alpha value is -1.75. The van der Waals surface area contributed by atoms with Crippen molar-refractivity contribution in [2.75, 3.05) is 6.61 Å². The molecule has 132 valence electrons. The number of carbonyl (C=O) groups excluding carboxylic acids is 3. The fourth-order valence-electron chi connectivity index (χ4n) is 2.31. The van der Waals surface area contributed by atoms with Crippen LogP contribution < -0.4 is 5.32 Å². The number of nitrogens with one attached hydrogen (secondary N) is 1. The first-order valence-corrected chi connectivity index (χ1v) is 6.96. The van der Waals surface area contributed by atoms with Gasteiger partial charge in [-0.15, -0.1) is 0 Å². The Labute approximate surface area is 132 Å². The molecule has 0 bridgehead atoms. The highest BCUT2D eigenvalue weighted by molar-refractivity contribution is 5.73. The average Bonchev–Trinajstić information content (AvgIpc) is 2.43. The molecule has 0 aromatic heterocycles. The molecule has 0 radical (unpaired) electrons. The summed E-state index contributed by atoms with van der Waals surface area (Å²) in [6, 6.07) is -0.924. The molecule has 1 fully saturated rings. The summed E-state index contributed by atoms with van der Waals surface area (Å²) < 4.78 is 15.5. The second-order valence-corrected chi connectivity index (χ2v) is 5.18. The summed E-state index contributed by atoms with van der Waals surface area (Å²) in [6.07, 6.45) is -2.82. The second-order valence-electron chi connectivity index (χ2n) is 5.18. The molecule has 1 saturated heterocycles. The van der Waals surface area contributed by atoms with Gasteiger partial charge in [0.1, 0.15) is 24.9 Å². The summed E-state index contributed by atoms with van der Waals surface area (Å²) in [5.74, 6) is -2.04. The standard InChI is InChI=1S/C13H21NO9/c1-6-10(5-19-8(3)16)21-13(20-9(4)17)11(14-7(2)15)12(6)22-23-18/h6,10-13,18H,5H2,1-4H3,(H,14,15)/t6-,10?,11+,12?,13+/m1/s1. The molecule has 2 N–H and O–H groups in total. The van der Waals surface area contributed by atoms with Crippen molar-refractivity contribution >= 4 is 17.8 Å². The number of amides is 1. The summed E-state index contributed by atoms with van der Waals surface area (Å²) in [6.45, 7) is 5.23. The van der Waals surface area contributed by atoms with Crippen LogP contribution in [0.3, 0.4) is 0 Å². The Balaban J connectivity index is 2.98. The molecule has 23 heavy (non-hydrogen) atoms. The third-order valence-electron chi connectivity index (χ3n) is 3.32. The first-order valence-electron chi connectivity index (χ1n) is 6.96. The minimum Gasteiger partial charge on any atom is -0.463 e. The zero-order chi connectivity index (χ0) is 17.6. The van der Waals surface area contributed by atoms with E-state index in [2.05, 4.69) is 10.4 Å². The highest BCUT2D eigenvalue weighted by atomic mass is 17.5. The second kappa shape index (κ2) is 8.77. The molecule has 2 unspecified atom stereocenters. The van der Waals surface area contributed by atoms with Gasteiger partial charge in [0, 0.05) is 26.7 Å². The minimum atomic E-state index is -1.20. The van der Waals surface area contributed by atoms with Crippen molar-refractivity contribution in [1.82, 2.24) is 5.32 Å². The number of ether oxygens (including phenoxy) is 3. The Morgan fingerprint density at radius 2 is 1.83 bits per heavy atom. The third kappa shape index (κ3) is 5.75. The molecule has 0 spiro atoms. The van der Waals surface area contributed by atoms with Crippen LogP contribution in [0.1, 0.15) is 27.7 Å². The van der Waals surface area contributed by atoms with Gasteiger partial charge in [-0.2, -0.15) is 0 Å². The van der Waals surface area contributed by atoms with Crippen LogP contribution in [0.25, 0.3) is 0 Å². The lowest BCUT2D eigenvalue weighted by Crippen LogP contribution is -2.62. The molecule has 0 aliphatic carbocycles. The van der Waals surface area contributed by atoms with Crippen LogP contribution in [0, 0.1) is 5.92 Å². The van der Waals surface area contributed by atoms with E-state index in [9.17, 15) is 14.4 Å². The third-order valence-corrected chi connectivity index (χ3v) is 3.32. The molecule has 10 nitrogen and oxygen atoms in total. The maximum Gasteiger partial charge on any atom is 0.305 e. The molecule has 1 aliphatic rings. The van der Waals surface area contributed by atoms with Crippen LogP contribution >= 0.6 is 0 Å². The van der Waals surface area contributed by atoms with Crippen LogP contribution in [0.2, 0.25) is 0 Å². The van der Waals surface area contributed by atoms with E-state index in [1.54, 1.807) is 6.92 Å². The number of esters is 2. The molecule has 10 heteroatoms. The van der Waals surface area contributed by atoms with E-state index in [-0.39, 0.29) is 6.61 Å². The van der Waals surface area contributed by atoms with Gasteiger partial charge in [0.25, 0.3) is 0 Å². The molecular weight excluding hydrogens is 314 g/mol. The highest BCUT2D eigenvalue weighted by Crippen LogP contribution is 2.29. The van der Waals surface area contributed by atoms with Gasteiger partial charge in [-0.1, -0.05) is 12.0 Å². The van der Waals surface area contributed by atoms with Gasteiger partial charge >= 0.3 is 11.9 Å². The molecule has 0 saturated carbocycles. The van der Waals surface area contributed by atoms with E-state index < -0.39 is 48.3 Å². The highest BCUT2D eigenvalue weighted by Gasteiger charge is 2.48. The first-order chi connectivity index (χ1) is 10.8. The lowest BCUT2D eigenvalue weighted by Gasteiger charge is -2.43. The van der Waals surface area contributed by atoms with Crippen LogP contribution in [0.5, 0.6) is 0 Å². The van der Waals surface area contributed by atoms with Crippen molar-refractivity contribution in [3.05, 3.63) is 0 Å². The zero-order valence-corrected chi connectivity index (χ0v) is 13.3. The SMILES string of the molecule is CC(=O)N[C@H]1C(OOO)[C@H](C)C(COC(C)=O)O[C@@H]1OC(C)=O. The molecule has 5 atom stereocenters. The first kappa shape index (κ1) is 19.3. The van der Waals surface area contributed by atoms with Crippen molar-refractivity contribution in [2.45, 2.75) is 52.2 Å². The summed E-state index contributed by atoms with van der Waals surface area (Å²) in [7, 11) is 0. The molecule has 1 rings (SSSR count). The van der Waals surface area contributed by atoms with Crippen molar-refractivity contribution < 1.29 is 43.8 Å². The summed E-state index contributed by atoms with van der Waals surface area (Å²) in [5.41, 5.74) is 0. The van der Waals surface area contributed by atoms with Gasteiger partial charge in [0.05, 0.1) is 0 Å². The lowest BCUT2D eigenvalue weighted by atomic mass is 9.89.